The van der Waals surface area contributed by atoms with E-state index in [2.05, 4.69) is 10.3 Å². The zero-order valence-electron chi connectivity index (χ0n) is 10.6. The van der Waals surface area contributed by atoms with Crippen molar-refractivity contribution in [2.75, 3.05) is 5.32 Å². The summed E-state index contributed by atoms with van der Waals surface area (Å²) in [4.78, 5) is 4.55. The normalized spacial score (nSPS) is 10.6. The van der Waals surface area contributed by atoms with Crippen LogP contribution in [-0.4, -0.2) is 4.98 Å². The third-order valence-corrected chi connectivity index (χ3v) is 4.56. The summed E-state index contributed by atoms with van der Waals surface area (Å²) in [5, 5.41) is 7.74. The average Bonchev–Trinajstić information content (AvgIpc) is 2.92. The van der Waals surface area contributed by atoms with Gasteiger partial charge in [-0.2, -0.15) is 0 Å². The molecule has 0 unspecified atom stereocenters. The van der Waals surface area contributed by atoms with E-state index in [1.54, 1.807) is 12.1 Å². The molecule has 0 radical (unpaired) electrons. The van der Waals surface area contributed by atoms with E-state index >= 15 is 0 Å². The van der Waals surface area contributed by atoms with Gasteiger partial charge in [0, 0.05) is 21.7 Å². The third-order valence-electron chi connectivity index (χ3n) is 2.82. The first-order valence-electron chi connectivity index (χ1n) is 6.05. The largest absolute Gasteiger partial charge is 0.331 e. The minimum atomic E-state index is 0.510. The predicted octanol–water partition coefficient (Wildman–Crippen LogP) is 6.51. The minimum Gasteiger partial charge on any atom is -0.331 e. The first-order valence-corrected chi connectivity index (χ1v) is 8.07. The van der Waals surface area contributed by atoms with Gasteiger partial charge in [-0.05, 0) is 30.3 Å². The lowest BCUT2D eigenvalue weighted by molar-refractivity contribution is 1.38. The standard InChI is InChI=1S/C15H9Cl3N2S/c16-10-3-1-9(2-4-10)14-8-21-15(20-14)19-11-5-6-12(17)13(18)7-11/h1-8H,(H,19,20). The van der Waals surface area contributed by atoms with Crippen molar-refractivity contribution in [1.29, 1.82) is 0 Å². The van der Waals surface area contributed by atoms with Crippen LogP contribution in [0.1, 0.15) is 0 Å². The topological polar surface area (TPSA) is 24.9 Å². The summed E-state index contributed by atoms with van der Waals surface area (Å²) in [6.45, 7) is 0. The van der Waals surface area contributed by atoms with Crippen LogP contribution in [0, 0.1) is 0 Å². The quantitative estimate of drug-likeness (QED) is 0.579. The van der Waals surface area contributed by atoms with Crippen LogP contribution in [0.25, 0.3) is 11.3 Å². The number of thiazole rings is 1. The Hall–Kier alpha value is -1.26. The van der Waals surface area contributed by atoms with Crippen LogP contribution in [0.15, 0.2) is 47.8 Å². The van der Waals surface area contributed by atoms with Crippen LogP contribution in [0.2, 0.25) is 15.1 Å². The lowest BCUT2D eigenvalue weighted by atomic mass is 10.2. The third kappa shape index (κ3) is 3.50. The number of rotatable bonds is 3. The van der Waals surface area contributed by atoms with Crippen LogP contribution < -0.4 is 5.32 Å². The maximum absolute atomic E-state index is 5.99. The molecular weight excluding hydrogens is 347 g/mol. The monoisotopic (exact) mass is 354 g/mol. The molecular formula is C15H9Cl3N2S. The lowest BCUT2D eigenvalue weighted by Gasteiger charge is -2.03. The Kier molecular flexibility index (Phi) is 4.36. The Morgan fingerprint density at radius 3 is 2.38 bits per heavy atom. The zero-order valence-corrected chi connectivity index (χ0v) is 13.7. The summed E-state index contributed by atoms with van der Waals surface area (Å²) in [7, 11) is 0. The van der Waals surface area contributed by atoms with Gasteiger partial charge in [-0.3, -0.25) is 0 Å². The molecule has 6 heteroatoms. The Morgan fingerprint density at radius 1 is 0.905 bits per heavy atom. The molecule has 1 N–H and O–H groups in total. The molecule has 0 aliphatic carbocycles. The number of anilines is 2. The van der Waals surface area contributed by atoms with Gasteiger partial charge >= 0.3 is 0 Å². The van der Waals surface area contributed by atoms with Crippen molar-refractivity contribution in [1.82, 2.24) is 4.98 Å². The van der Waals surface area contributed by atoms with Crippen molar-refractivity contribution < 1.29 is 0 Å². The molecule has 0 bridgehead atoms. The molecule has 0 aliphatic heterocycles. The summed E-state index contributed by atoms with van der Waals surface area (Å²) >= 11 is 19.3. The van der Waals surface area contributed by atoms with Gasteiger partial charge in [-0.15, -0.1) is 11.3 Å². The number of benzene rings is 2. The average molecular weight is 356 g/mol. The molecule has 0 saturated carbocycles. The van der Waals surface area contributed by atoms with Crippen LogP contribution in [-0.2, 0) is 0 Å². The fourth-order valence-corrected chi connectivity index (χ4v) is 2.95. The number of halogens is 3. The number of hydrogen-bond acceptors (Lipinski definition) is 3. The number of aromatic nitrogens is 1. The smallest absolute Gasteiger partial charge is 0.187 e. The molecule has 0 fully saturated rings. The number of hydrogen-bond donors (Lipinski definition) is 1. The molecule has 1 aromatic heterocycles. The van der Waals surface area contributed by atoms with E-state index in [1.165, 1.54) is 11.3 Å². The lowest BCUT2D eigenvalue weighted by Crippen LogP contribution is -1.89. The second-order valence-electron chi connectivity index (χ2n) is 4.30. The van der Waals surface area contributed by atoms with Crippen molar-refractivity contribution in [3.05, 3.63) is 62.9 Å². The number of nitrogens with one attached hydrogen (secondary N) is 1. The van der Waals surface area contributed by atoms with Crippen LogP contribution in [0.3, 0.4) is 0 Å². The van der Waals surface area contributed by atoms with Crippen molar-refractivity contribution >= 4 is 57.0 Å². The fourth-order valence-electron chi connectivity index (χ4n) is 1.78. The maximum Gasteiger partial charge on any atom is 0.187 e. The van der Waals surface area contributed by atoms with Crippen molar-refractivity contribution in [3.63, 3.8) is 0 Å². The Labute approximate surface area is 141 Å². The predicted molar refractivity (Wildman–Crippen MR) is 92.3 cm³/mol. The van der Waals surface area contributed by atoms with Gasteiger partial charge in [0.15, 0.2) is 5.13 Å². The molecule has 0 amide bonds. The molecule has 3 aromatic rings. The highest BCUT2D eigenvalue weighted by atomic mass is 35.5. The van der Waals surface area contributed by atoms with E-state index in [-0.39, 0.29) is 0 Å². The minimum absolute atomic E-state index is 0.510. The Bertz CT molecular complexity index is 769. The van der Waals surface area contributed by atoms with Crippen LogP contribution in [0.4, 0.5) is 10.8 Å². The Morgan fingerprint density at radius 2 is 1.67 bits per heavy atom. The maximum atomic E-state index is 5.99. The first-order chi connectivity index (χ1) is 10.1. The van der Waals surface area contributed by atoms with E-state index in [1.807, 2.05) is 35.7 Å². The number of nitrogens with zero attached hydrogens (tertiary/aromatic N) is 1. The van der Waals surface area contributed by atoms with Gasteiger partial charge in [0.2, 0.25) is 0 Å². The highest BCUT2D eigenvalue weighted by Crippen LogP contribution is 2.30. The van der Waals surface area contributed by atoms with Gasteiger partial charge in [-0.25, -0.2) is 4.98 Å². The summed E-state index contributed by atoms with van der Waals surface area (Å²) in [5.41, 5.74) is 2.78. The van der Waals surface area contributed by atoms with E-state index in [0.29, 0.717) is 15.1 Å². The molecule has 2 aromatic carbocycles. The second-order valence-corrected chi connectivity index (χ2v) is 6.41. The first kappa shape index (κ1) is 14.7. The summed E-state index contributed by atoms with van der Waals surface area (Å²) in [6, 6.07) is 13.0. The van der Waals surface area contributed by atoms with E-state index in [4.69, 9.17) is 34.8 Å². The SMILES string of the molecule is Clc1ccc(-c2csc(Nc3ccc(Cl)c(Cl)c3)n2)cc1. The molecule has 2 nitrogen and oxygen atoms in total. The van der Waals surface area contributed by atoms with E-state index in [0.717, 1.165) is 22.1 Å². The summed E-state index contributed by atoms with van der Waals surface area (Å²) in [5.74, 6) is 0. The molecule has 0 saturated heterocycles. The molecule has 0 atom stereocenters. The molecule has 1 heterocycles. The summed E-state index contributed by atoms with van der Waals surface area (Å²) < 4.78 is 0. The molecule has 21 heavy (non-hydrogen) atoms. The van der Waals surface area contributed by atoms with Gasteiger partial charge in [-0.1, -0.05) is 46.9 Å². The molecule has 106 valence electrons. The van der Waals surface area contributed by atoms with E-state index in [9.17, 15) is 0 Å². The van der Waals surface area contributed by atoms with Crippen LogP contribution >= 0.6 is 46.1 Å². The van der Waals surface area contributed by atoms with Crippen molar-refractivity contribution in [3.8, 4) is 11.3 Å². The zero-order chi connectivity index (χ0) is 14.8. The Balaban J connectivity index is 1.81. The molecule has 0 spiro atoms. The molecule has 0 aliphatic rings. The fraction of sp³-hybridized carbons (Fsp3) is 0. The highest BCUT2D eigenvalue weighted by Gasteiger charge is 2.06. The highest BCUT2D eigenvalue weighted by molar-refractivity contribution is 7.14. The van der Waals surface area contributed by atoms with Gasteiger partial charge in [0.05, 0.1) is 15.7 Å². The van der Waals surface area contributed by atoms with Crippen molar-refractivity contribution in [2.24, 2.45) is 0 Å². The molecule has 3 rings (SSSR count). The van der Waals surface area contributed by atoms with E-state index < -0.39 is 0 Å². The van der Waals surface area contributed by atoms with Gasteiger partial charge in [0.25, 0.3) is 0 Å². The van der Waals surface area contributed by atoms with Gasteiger partial charge < -0.3 is 5.32 Å². The van der Waals surface area contributed by atoms with Crippen LogP contribution in [0.5, 0.6) is 0 Å². The van der Waals surface area contributed by atoms with Crippen molar-refractivity contribution in [2.45, 2.75) is 0 Å². The van der Waals surface area contributed by atoms with Gasteiger partial charge in [0.1, 0.15) is 0 Å². The summed E-state index contributed by atoms with van der Waals surface area (Å²) in [6.07, 6.45) is 0. The second kappa shape index (κ2) is 6.24.